The topological polar surface area (TPSA) is 32.8 Å². The Morgan fingerprint density at radius 1 is 1.04 bits per heavy atom. The first-order valence-corrected chi connectivity index (χ1v) is 8.34. The molecule has 0 atom stereocenters. The fraction of sp³-hybridized carbons (Fsp3) is 0.316. The van der Waals surface area contributed by atoms with Crippen LogP contribution in [0.15, 0.2) is 42.5 Å². The van der Waals surface area contributed by atoms with Gasteiger partial charge in [-0.05, 0) is 30.3 Å². The number of ether oxygens (including phenoxy) is 1. The van der Waals surface area contributed by atoms with Crippen LogP contribution in [0, 0.1) is 5.82 Å². The van der Waals surface area contributed by atoms with Crippen LogP contribution in [0.4, 0.5) is 23.2 Å². The summed E-state index contributed by atoms with van der Waals surface area (Å²) in [7, 11) is 1.41. The van der Waals surface area contributed by atoms with Gasteiger partial charge in [0.2, 0.25) is 0 Å². The molecule has 2 aromatic rings. The van der Waals surface area contributed by atoms with Crippen LogP contribution in [0.5, 0.6) is 5.75 Å². The maximum absolute atomic E-state index is 14.1. The second kappa shape index (κ2) is 7.46. The molecule has 8 heteroatoms. The minimum atomic E-state index is -4.40. The molecule has 27 heavy (non-hydrogen) atoms. The smallest absolute Gasteiger partial charge is 0.416 e. The van der Waals surface area contributed by atoms with Gasteiger partial charge in [-0.3, -0.25) is 4.79 Å². The van der Waals surface area contributed by atoms with Gasteiger partial charge in [-0.1, -0.05) is 6.07 Å². The second-order valence-electron chi connectivity index (χ2n) is 6.17. The number of nitrogens with zero attached hydrogens (tertiary/aromatic N) is 2. The summed E-state index contributed by atoms with van der Waals surface area (Å²) in [6.07, 6.45) is -4.40. The van der Waals surface area contributed by atoms with E-state index in [9.17, 15) is 22.4 Å². The van der Waals surface area contributed by atoms with Crippen LogP contribution >= 0.6 is 0 Å². The molecule has 144 valence electrons. The molecule has 1 heterocycles. The number of alkyl halides is 3. The van der Waals surface area contributed by atoms with Gasteiger partial charge in [0.1, 0.15) is 11.6 Å². The summed E-state index contributed by atoms with van der Waals surface area (Å²) in [5.74, 6) is -0.795. The Kier molecular flexibility index (Phi) is 5.25. The van der Waals surface area contributed by atoms with E-state index in [1.165, 1.54) is 30.2 Å². The lowest BCUT2D eigenvalue weighted by Gasteiger charge is -2.36. The highest BCUT2D eigenvalue weighted by atomic mass is 19.4. The molecule has 0 unspecified atom stereocenters. The predicted octanol–water partition coefficient (Wildman–Crippen LogP) is 3.82. The molecule has 0 N–H and O–H groups in total. The van der Waals surface area contributed by atoms with Crippen LogP contribution < -0.4 is 9.64 Å². The van der Waals surface area contributed by atoms with Gasteiger partial charge in [-0.2, -0.15) is 13.2 Å². The van der Waals surface area contributed by atoms with Crippen molar-refractivity contribution in [3.63, 3.8) is 0 Å². The summed E-state index contributed by atoms with van der Waals surface area (Å²) in [4.78, 5) is 15.8. The molecular weight excluding hydrogens is 364 g/mol. The first kappa shape index (κ1) is 19.0. The predicted molar refractivity (Wildman–Crippen MR) is 92.5 cm³/mol. The van der Waals surface area contributed by atoms with E-state index in [2.05, 4.69) is 0 Å². The molecule has 1 fully saturated rings. The highest BCUT2D eigenvalue weighted by molar-refractivity contribution is 5.94. The summed E-state index contributed by atoms with van der Waals surface area (Å²) in [5, 5.41) is 0. The summed E-state index contributed by atoms with van der Waals surface area (Å²) in [5.41, 5.74) is -0.310. The number of hydrogen-bond donors (Lipinski definition) is 0. The van der Waals surface area contributed by atoms with Crippen molar-refractivity contribution in [2.24, 2.45) is 0 Å². The molecule has 4 nitrogen and oxygen atoms in total. The number of rotatable bonds is 3. The SMILES string of the molecule is COc1ccc(C(=O)N2CCN(c3cccc(C(F)(F)F)c3)CC2)c(F)c1. The Hall–Kier alpha value is -2.77. The molecule has 0 radical (unpaired) electrons. The van der Waals surface area contributed by atoms with Gasteiger partial charge in [0, 0.05) is 37.9 Å². The van der Waals surface area contributed by atoms with E-state index in [1.54, 1.807) is 11.0 Å². The van der Waals surface area contributed by atoms with Gasteiger partial charge in [-0.15, -0.1) is 0 Å². The van der Waals surface area contributed by atoms with E-state index in [-0.39, 0.29) is 5.56 Å². The number of benzene rings is 2. The normalized spacial score (nSPS) is 15.0. The maximum atomic E-state index is 14.1. The fourth-order valence-corrected chi connectivity index (χ4v) is 3.01. The van der Waals surface area contributed by atoms with Gasteiger partial charge in [-0.25, -0.2) is 4.39 Å². The third-order valence-electron chi connectivity index (χ3n) is 4.51. The fourth-order valence-electron chi connectivity index (χ4n) is 3.01. The zero-order valence-corrected chi connectivity index (χ0v) is 14.6. The van der Waals surface area contributed by atoms with Crippen LogP contribution in [0.2, 0.25) is 0 Å². The number of hydrogen-bond acceptors (Lipinski definition) is 3. The highest BCUT2D eigenvalue weighted by Crippen LogP contribution is 2.32. The van der Waals surface area contributed by atoms with E-state index in [0.29, 0.717) is 37.6 Å². The Morgan fingerprint density at radius 2 is 1.74 bits per heavy atom. The molecule has 0 aromatic heterocycles. The van der Waals surface area contributed by atoms with Crippen LogP contribution in [0.25, 0.3) is 0 Å². The summed E-state index contributed by atoms with van der Waals surface area (Å²) < 4.78 is 57.6. The second-order valence-corrected chi connectivity index (χ2v) is 6.17. The molecule has 1 aliphatic rings. The van der Waals surface area contributed by atoms with Crippen LogP contribution in [-0.4, -0.2) is 44.1 Å². The zero-order chi connectivity index (χ0) is 19.6. The van der Waals surface area contributed by atoms with Crippen LogP contribution in [-0.2, 0) is 6.18 Å². The van der Waals surface area contributed by atoms with Gasteiger partial charge in [0.25, 0.3) is 5.91 Å². The molecule has 0 spiro atoms. The largest absolute Gasteiger partial charge is 0.497 e. The summed E-state index contributed by atoms with van der Waals surface area (Å²) in [6.45, 7) is 1.32. The van der Waals surface area contributed by atoms with Crippen molar-refractivity contribution < 1.29 is 27.1 Å². The Labute approximate surface area is 153 Å². The lowest BCUT2D eigenvalue weighted by Crippen LogP contribution is -2.49. The maximum Gasteiger partial charge on any atom is 0.416 e. The number of methoxy groups -OCH3 is 1. The summed E-state index contributed by atoms with van der Waals surface area (Å²) >= 11 is 0. The molecule has 0 bridgehead atoms. The highest BCUT2D eigenvalue weighted by Gasteiger charge is 2.31. The van der Waals surface area contributed by atoms with Crippen LogP contribution in [0.1, 0.15) is 15.9 Å². The van der Waals surface area contributed by atoms with Crippen molar-refractivity contribution in [2.75, 3.05) is 38.2 Å². The average Bonchev–Trinajstić information content (AvgIpc) is 2.67. The lowest BCUT2D eigenvalue weighted by atomic mass is 10.1. The zero-order valence-electron chi connectivity index (χ0n) is 14.6. The first-order valence-electron chi connectivity index (χ1n) is 8.34. The Bertz CT molecular complexity index is 831. The van der Waals surface area contributed by atoms with Crippen molar-refractivity contribution in [1.29, 1.82) is 0 Å². The van der Waals surface area contributed by atoms with Gasteiger partial charge in [0.05, 0.1) is 18.2 Å². The van der Waals surface area contributed by atoms with Crippen LogP contribution in [0.3, 0.4) is 0 Å². The third-order valence-corrected chi connectivity index (χ3v) is 4.51. The van der Waals surface area contributed by atoms with Crippen molar-refractivity contribution in [2.45, 2.75) is 6.18 Å². The number of halogens is 4. The molecule has 1 saturated heterocycles. The number of piperazine rings is 1. The van der Waals surface area contributed by atoms with E-state index < -0.39 is 23.5 Å². The third kappa shape index (κ3) is 4.15. The minimum Gasteiger partial charge on any atom is -0.497 e. The van der Waals surface area contributed by atoms with Gasteiger partial charge < -0.3 is 14.5 Å². The number of anilines is 1. The van der Waals surface area contributed by atoms with Gasteiger partial charge >= 0.3 is 6.18 Å². The number of carbonyl (C=O) groups is 1. The minimum absolute atomic E-state index is 0.0525. The molecule has 0 aliphatic carbocycles. The average molecular weight is 382 g/mol. The molecule has 1 amide bonds. The van der Waals surface area contributed by atoms with Crippen molar-refractivity contribution in [3.05, 3.63) is 59.4 Å². The van der Waals surface area contributed by atoms with E-state index in [4.69, 9.17) is 4.74 Å². The van der Waals surface area contributed by atoms with Crippen molar-refractivity contribution in [3.8, 4) is 5.75 Å². The molecule has 0 saturated carbocycles. The Morgan fingerprint density at radius 3 is 2.33 bits per heavy atom. The molecule has 3 rings (SSSR count). The van der Waals surface area contributed by atoms with Crippen molar-refractivity contribution >= 4 is 11.6 Å². The number of amides is 1. The first-order chi connectivity index (χ1) is 12.8. The summed E-state index contributed by atoms with van der Waals surface area (Å²) in [6, 6.07) is 9.12. The quantitative estimate of drug-likeness (QED) is 0.757. The van der Waals surface area contributed by atoms with E-state index in [0.717, 1.165) is 18.2 Å². The molecular formula is C19H18F4N2O2. The monoisotopic (exact) mass is 382 g/mol. The van der Waals surface area contributed by atoms with E-state index >= 15 is 0 Å². The lowest BCUT2D eigenvalue weighted by molar-refractivity contribution is -0.137. The Balaban J connectivity index is 1.68. The van der Waals surface area contributed by atoms with Gasteiger partial charge in [0.15, 0.2) is 0 Å². The number of carbonyl (C=O) groups excluding carboxylic acids is 1. The molecule has 2 aromatic carbocycles. The van der Waals surface area contributed by atoms with E-state index in [1.807, 2.05) is 0 Å². The standard InChI is InChI=1S/C19H18F4N2O2/c1-27-15-5-6-16(17(20)12-15)18(26)25-9-7-24(8-10-25)14-4-2-3-13(11-14)19(21,22)23/h2-6,11-12H,7-10H2,1H3. The van der Waals surface area contributed by atoms with Crippen molar-refractivity contribution in [1.82, 2.24) is 4.90 Å². The molecule has 1 aliphatic heterocycles.